The number of nitrogens with one attached hydrogen (secondary N) is 2. The molecule has 0 unspecified atom stereocenters. The zero-order valence-electron chi connectivity index (χ0n) is 18.4. The third kappa shape index (κ3) is 8.29. The number of carbonyl (C=O) groups is 1. The largest absolute Gasteiger partial charge is 0.357 e. The monoisotopic (exact) mass is 528 g/mol. The number of benzene rings is 1. The first-order valence-corrected chi connectivity index (χ1v) is 10.1. The minimum Gasteiger partial charge on any atom is -0.357 e. The number of carbonyl (C=O) groups excluding carboxylic acids is 1. The molecule has 0 aliphatic rings. The average Bonchev–Trinajstić information content (AvgIpc) is 3.17. The van der Waals surface area contributed by atoms with Crippen molar-refractivity contribution in [2.24, 2.45) is 4.99 Å². The third-order valence-electron chi connectivity index (χ3n) is 4.23. The van der Waals surface area contributed by atoms with Gasteiger partial charge in [0.2, 0.25) is 5.89 Å². The van der Waals surface area contributed by atoms with Crippen molar-refractivity contribution in [1.82, 2.24) is 25.7 Å². The van der Waals surface area contributed by atoms with Crippen molar-refractivity contribution in [2.75, 3.05) is 33.7 Å². The molecule has 0 aliphatic carbocycles. The molecule has 9 heteroatoms. The lowest BCUT2D eigenvalue weighted by molar-refractivity contribution is 0.0827. The maximum absolute atomic E-state index is 12.1. The van der Waals surface area contributed by atoms with E-state index in [2.05, 4.69) is 25.8 Å². The molecule has 0 aliphatic heterocycles. The van der Waals surface area contributed by atoms with Crippen LogP contribution in [0.25, 0.3) is 0 Å². The second-order valence-electron chi connectivity index (χ2n) is 7.29. The van der Waals surface area contributed by atoms with Gasteiger partial charge in [-0.05, 0) is 31.0 Å². The number of hydrogen-bond acceptors (Lipinski definition) is 5. The smallest absolute Gasteiger partial charge is 0.253 e. The number of amides is 1. The maximum Gasteiger partial charge on any atom is 0.253 e. The Kier molecular flexibility index (Phi) is 11.4. The molecule has 2 N–H and O–H groups in total. The molecule has 0 saturated heterocycles. The summed E-state index contributed by atoms with van der Waals surface area (Å²) >= 11 is 0. The second-order valence-corrected chi connectivity index (χ2v) is 7.29. The Bertz CT molecular complexity index is 819. The van der Waals surface area contributed by atoms with Gasteiger partial charge in [-0.2, -0.15) is 4.98 Å². The van der Waals surface area contributed by atoms with Gasteiger partial charge in [0.1, 0.15) is 0 Å². The number of aromatic nitrogens is 2. The zero-order valence-corrected chi connectivity index (χ0v) is 20.8. The number of guanidine groups is 1. The molecule has 8 nitrogen and oxygen atoms in total. The van der Waals surface area contributed by atoms with Crippen LogP contribution in [0.3, 0.4) is 0 Å². The van der Waals surface area contributed by atoms with E-state index in [0.717, 1.165) is 30.3 Å². The third-order valence-corrected chi connectivity index (χ3v) is 4.23. The summed E-state index contributed by atoms with van der Waals surface area (Å²) in [6, 6.07) is 7.73. The van der Waals surface area contributed by atoms with E-state index in [1.54, 1.807) is 19.0 Å². The summed E-state index contributed by atoms with van der Waals surface area (Å²) in [4.78, 5) is 22.6. The van der Waals surface area contributed by atoms with Crippen molar-refractivity contribution in [3.8, 4) is 0 Å². The SMILES string of the molecule is CCNC(=NCCc1nc(C(C)C)no1)NCCc1cccc(C(=O)N(C)C)c1.I. The van der Waals surface area contributed by atoms with Crippen LogP contribution in [0.4, 0.5) is 0 Å². The average molecular weight is 528 g/mol. The fourth-order valence-electron chi connectivity index (χ4n) is 2.65. The van der Waals surface area contributed by atoms with E-state index >= 15 is 0 Å². The van der Waals surface area contributed by atoms with Gasteiger partial charge in [-0.3, -0.25) is 9.79 Å². The van der Waals surface area contributed by atoms with Gasteiger partial charge in [0, 0.05) is 45.1 Å². The van der Waals surface area contributed by atoms with Crippen LogP contribution >= 0.6 is 24.0 Å². The highest BCUT2D eigenvalue weighted by atomic mass is 127. The van der Waals surface area contributed by atoms with Crippen LogP contribution in [-0.2, 0) is 12.8 Å². The molecule has 1 heterocycles. The van der Waals surface area contributed by atoms with E-state index in [4.69, 9.17) is 4.52 Å². The first-order chi connectivity index (χ1) is 13.9. The van der Waals surface area contributed by atoms with Crippen LogP contribution in [0, 0.1) is 0 Å². The molecule has 1 aromatic heterocycles. The zero-order chi connectivity index (χ0) is 21.2. The molecule has 0 spiro atoms. The van der Waals surface area contributed by atoms with Crippen LogP contribution in [0.5, 0.6) is 0 Å². The summed E-state index contributed by atoms with van der Waals surface area (Å²) in [6.45, 7) is 8.14. The van der Waals surface area contributed by atoms with Crippen LogP contribution in [0.1, 0.15) is 54.3 Å². The molecule has 0 saturated carbocycles. The molecular formula is C21H33IN6O2. The summed E-state index contributed by atoms with van der Waals surface area (Å²) in [5.41, 5.74) is 1.81. The lowest BCUT2D eigenvalue weighted by Crippen LogP contribution is -2.38. The highest BCUT2D eigenvalue weighted by Gasteiger charge is 2.10. The van der Waals surface area contributed by atoms with Crippen molar-refractivity contribution < 1.29 is 9.32 Å². The first kappa shape index (κ1) is 25.9. The van der Waals surface area contributed by atoms with Crippen molar-refractivity contribution in [1.29, 1.82) is 0 Å². The lowest BCUT2D eigenvalue weighted by Gasteiger charge is -2.13. The molecule has 0 fully saturated rings. The fourth-order valence-corrected chi connectivity index (χ4v) is 2.65. The number of aliphatic imine (C=N–C) groups is 1. The maximum atomic E-state index is 12.1. The molecule has 2 aromatic rings. The van der Waals surface area contributed by atoms with Crippen molar-refractivity contribution >= 4 is 35.8 Å². The van der Waals surface area contributed by atoms with Gasteiger partial charge in [-0.25, -0.2) is 0 Å². The van der Waals surface area contributed by atoms with E-state index < -0.39 is 0 Å². The predicted molar refractivity (Wildman–Crippen MR) is 130 cm³/mol. The standard InChI is InChI=1S/C21H32N6O2.HI/c1-6-22-21(24-13-11-18-25-19(15(2)3)26-29-18)23-12-10-16-8-7-9-17(14-16)20(28)27(4)5;/h7-9,14-15H,6,10-13H2,1-5H3,(H2,22,23,24);1H. The summed E-state index contributed by atoms with van der Waals surface area (Å²) in [7, 11) is 3.52. The van der Waals surface area contributed by atoms with Gasteiger partial charge in [-0.1, -0.05) is 31.1 Å². The Morgan fingerprint density at radius 2 is 2.00 bits per heavy atom. The van der Waals surface area contributed by atoms with Crippen LogP contribution in [-0.4, -0.2) is 60.6 Å². The van der Waals surface area contributed by atoms with Gasteiger partial charge >= 0.3 is 0 Å². The molecule has 0 radical (unpaired) electrons. The second kappa shape index (κ2) is 13.2. The molecule has 0 atom stereocenters. The van der Waals surface area contributed by atoms with Gasteiger partial charge in [0.15, 0.2) is 11.8 Å². The Morgan fingerprint density at radius 3 is 2.63 bits per heavy atom. The highest BCUT2D eigenvalue weighted by Crippen LogP contribution is 2.10. The number of halogens is 1. The number of rotatable bonds is 9. The highest BCUT2D eigenvalue weighted by molar-refractivity contribution is 14.0. The fraction of sp³-hybridized carbons (Fsp3) is 0.524. The van der Waals surface area contributed by atoms with E-state index in [9.17, 15) is 4.79 Å². The molecule has 166 valence electrons. The van der Waals surface area contributed by atoms with Crippen LogP contribution in [0.15, 0.2) is 33.8 Å². The van der Waals surface area contributed by atoms with Gasteiger partial charge in [0.25, 0.3) is 5.91 Å². The van der Waals surface area contributed by atoms with Crippen LogP contribution in [0.2, 0.25) is 0 Å². The Hall–Kier alpha value is -2.17. The van der Waals surface area contributed by atoms with Crippen molar-refractivity contribution in [3.05, 3.63) is 47.1 Å². The Balaban J connectivity index is 0.00000450. The van der Waals surface area contributed by atoms with E-state index in [1.807, 2.05) is 45.0 Å². The summed E-state index contributed by atoms with van der Waals surface area (Å²) in [5, 5.41) is 10.5. The minimum atomic E-state index is 0. The predicted octanol–water partition coefficient (Wildman–Crippen LogP) is 2.85. The summed E-state index contributed by atoms with van der Waals surface area (Å²) in [5.74, 6) is 2.34. The molecule has 1 amide bonds. The first-order valence-electron chi connectivity index (χ1n) is 10.1. The molecule has 0 bridgehead atoms. The summed E-state index contributed by atoms with van der Waals surface area (Å²) in [6.07, 6.45) is 1.39. The van der Waals surface area contributed by atoms with Crippen molar-refractivity contribution in [3.63, 3.8) is 0 Å². The Labute approximate surface area is 195 Å². The van der Waals surface area contributed by atoms with E-state index in [1.165, 1.54) is 0 Å². The normalized spacial score (nSPS) is 11.2. The van der Waals surface area contributed by atoms with Crippen molar-refractivity contribution in [2.45, 2.75) is 39.5 Å². The molecule has 2 rings (SSSR count). The number of hydrogen-bond donors (Lipinski definition) is 2. The Morgan fingerprint density at radius 1 is 1.23 bits per heavy atom. The topological polar surface area (TPSA) is 95.6 Å². The number of nitrogens with zero attached hydrogens (tertiary/aromatic N) is 4. The van der Waals surface area contributed by atoms with Gasteiger partial charge < -0.3 is 20.1 Å². The van der Waals surface area contributed by atoms with Gasteiger partial charge in [0.05, 0.1) is 6.54 Å². The molecule has 1 aromatic carbocycles. The lowest BCUT2D eigenvalue weighted by atomic mass is 10.1. The molecule has 30 heavy (non-hydrogen) atoms. The summed E-state index contributed by atoms with van der Waals surface area (Å²) < 4.78 is 5.25. The van der Waals surface area contributed by atoms with Gasteiger partial charge in [-0.15, -0.1) is 24.0 Å². The van der Waals surface area contributed by atoms with E-state index in [0.29, 0.717) is 31.0 Å². The van der Waals surface area contributed by atoms with Crippen LogP contribution < -0.4 is 10.6 Å². The van der Waals surface area contributed by atoms with E-state index in [-0.39, 0.29) is 35.8 Å². The quantitative estimate of drug-likeness (QED) is 0.295. The molecular weight excluding hydrogens is 495 g/mol. The minimum absolute atomic E-state index is 0.